The number of carbonyl (C=O) groups is 1. The van der Waals surface area contributed by atoms with Crippen LogP contribution in [0.2, 0.25) is 0 Å². The zero-order valence-corrected chi connectivity index (χ0v) is 10.1. The van der Waals surface area contributed by atoms with Crippen molar-refractivity contribution in [2.75, 3.05) is 14.2 Å². The molecular formula is C13H12N2O3. The number of hydrogen-bond acceptors (Lipinski definition) is 5. The second kappa shape index (κ2) is 5.27. The molecular weight excluding hydrogens is 232 g/mol. The minimum atomic E-state index is -0.139. The van der Waals surface area contributed by atoms with Gasteiger partial charge in [-0.05, 0) is 24.3 Å². The summed E-state index contributed by atoms with van der Waals surface area (Å²) >= 11 is 0. The summed E-state index contributed by atoms with van der Waals surface area (Å²) < 4.78 is 9.87. The quantitative estimate of drug-likeness (QED) is 0.766. The fourth-order valence-corrected chi connectivity index (χ4v) is 1.45. The second-order valence-electron chi connectivity index (χ2n) is 3.52. The molecule has 5 nitrogen and oxygen atoms in total. The first-order valence-electron chi connectivity index (χ1n) is 5.29. The average molecular weight is 244 g/mol. The number of hydrogen-bond donors (Lipinski definition) is 0. The molecule has 0 saturated heterocycles. The summed E-state index contributed by atoms with van der Waals surface area (Å²) in [5.41, 5.74) is 0.977. The van der Waals surface area contributed by atoms with E-state index >= 15 is 0 Å². The third-order valence-corrected chi connectivity index (χ3v) is 2.43. The smallest absolute Gasteiger partial charge is 0.316 e. The van der Waals surface area contributed by atoms with E-state index in [2.05, 4.69) is 9.97 Å². The third-order valence-electron chi connectivity index (χ3n) is 2.43. The maximum atomic E-state index is 12.1. The number of ketones is 1. The lowest BCUT2D eigenvalue weighted by Gasteiger charge is -2.03. The maximum Gasteiger partial charge on any atom is 0.316 e. The Hall–Kier alpha value is -2.43. The van der Waals surface area contributed by atoms with Crippen molar-refractivity contribution in [1.29, 1.82) is 0 Å². The SMILES string of the molecule is COc1ccc(C(=O)c2cnc(OC)nc2)cc1. The highest BCUT2D eigenvalue weighted by Gasteiger charge is 2.10. The number of carbonyl (C=O) groups excluding carboxylic acids is 1. The molecule has 1 heterocycles. The van der Waals surface area contributed by atoms with E-state index in [1.807, 2.05) is 0 Å². The van der Waals surface area contributed by atoms with Gasteiger partial charge in [0.2, 0.25) is 0 Å². The van der Waals surface area contributed by atoms with E-state index in [0.29, 0.717) is 16.9 Å². The van der Waals surface area contributed by atoms with E-state index in [1.165, 1.54) is 19.5 Å². The van der Waals surface area contributed by atoms with Crippen LogP contribution in [-0.4, -0.2) is 30.0 Å². The molecule has 1 aromatic carbocycles. The average Bonchev–Trinajstić information content (AvgIpc) is 2.47. The Morgan fingerprint density at radius 2 is 1.56 bits per heavy atom. The first-order chi connectivity index (χ1) is 8.74. The van der Waals surface area contributed by atoms with Gasteiger partial charge in [-0.25, -0.2) is 9.97 Å². The van der Waals surface area contributed by atoms with Gasteiger partial charge >= 0.3 is 6.01 Å². The molecule has 0 fully saturated rings. The van der Waals surface area contributed by atoms with Gasteiger partial charge < -0.3 is 9.47 Å². The monoisotopic (exact) mass is 244 g/mol. The molecule has 0 atom stereocenters. The first-order valence-corrected chi connectivity index (χ1v) is 5.29. The number of benzene rings is 1. The predicted octanol–water partition coefficient (Wildman–Crippen LogP) is 1.72. The third kappa shape index (κ3) is 2.45. The zero-order chi connectivity index (χ0) is 13.0. The first kappa shape index (κ1) is 12.0. The number of nitrogens with zero attached hydrogens (tertiary/aromatic N) is 2. The normalized spacial score (nSPS) is 9.89. The highest BCUT2D eigenvalue weighted by molar-refractivity contribution is 6.08. The van der Waals surface area contributed by atoms with Gasteiger partial charge in [0.15, 0.2) is 5.78 Å². The molecule has 0 aliphatic rings. The topological polar surface area (TPSA) is 61.3 Å². The van der Waals surface area contributed by atoms with Crippen LogP contribution in [-0.2, 0) is 0 Å². The van der Waals surface area contributed by atoms with Crippen LogP contribution in [0.1, 0.15) is 15.9 Å². The minimum Gasteiger partial charge on any atom is -0.497 e. The summed E-state index contributed by atoms with van der Waals surface area (Å²) in [6, 6.07) is 7.10. The lowest BCUT2D eigenvalue weighted by Crippen LogP contribution is -2.03. The molecule has 0 N–H and O–H groups in total. The predicted molar refractivity (Wildman–Crippen MR) is 65.0 cm³/mol. The lowest BCUT2D eigenvalue weighted by molar-refractivity contribution is 0.103. The molecule has 92 valence electrons. The molecule has 5 heteroatoms. The van der Waals surface area contributed by atoms with E-state index in [0.717, 1.165) is 0 Å². The van der Waals surface area contributed by atoms with Crippen LogP contribution in [0.5, 0.6) is 11.8 Å². The van der Waals surface area contributed by atoms with Gasteiger partial charge in [-0.2, -0.15) is 0 Å². The summed E-state index contributed by atoms with van der Waals surface area (Å²) in [5, 5.41) is 0. The largest absolute Gasteiger partial charge is 0.497 e. The Morgan fingerprint density at radius 3 is 2.06 bits per heavy atom. The number of rotatable bonds is 4. The Balaban J connectivity index is 2.23. The zero-order valence-electron chi connectivity index (χ0n) is 10.1. The van der Waals surface area contributed by atoms with Crippen molar-refractivity contribution < 1.29 is 14.3 Å². The van der Waals surface area contributed by atoms with Crippen LogP contribution >= 0.6 is 0 Å². The standard InChI is InChI=1S/C13H12N2O3/c1-17-11-5-3-9(4-6-11)12(16)10-7-14-13(18-2)15-8-10/h3-8H,1-2H3. The molecule has 0 spiro atoms. The van der Waals surface area contributed by atoms with Crippen LogP contribution in [0.3, 0.4) is 0 Å². The van der Waals surface area contributed by atoms with Gasteiger partial charge in [-0.1, -0.05) is 0 Å². The summed E-state index contributed by atoms with van der Waals surface area (Å²) in [4.78, 5) is 19.9. The number of ether oxygens (including phenoxy) is 2. The van der Waals surface area contributed by atoms with Crippen molar-refractivity contribution in [2.24, 2.45) is 0 Å². The van der Waals surface area contributed by atoms with Crippen molar-refractivity contribution in [2.45, 2.75) is 0 Å². The van der Waals surface area contributed by atoms with Crippen molar-refractivity contribution in [3.63, 3.8) is 0 Å². The molecule has 0 unspecified atom stereocenters. The highest BCUT2D eigenvalue weighted by Crippen LogP contribution is 2.14. The molecule has 0 aliphatic carbocycles. The highest BCUT2D eigenvalue weighted by atomic mass is 16.5. The fraction of sp³-hybridized carbons (Fsp3) is 0.154. The van der Waals surface area contributed by atoms with Gasteiger partial charge in [-0.3, -0.25) is 4.79 Å². The molecule has 0 saturated carbocycles. The molecule has 0 bridgehead atoms. The van der Waals surface area contributed by atoms with Gasteiger partial charge in [0.05, 0.1) is 19.8 Å². The molecule has 18 heavy (non-hydrogen) atoms. The van der Waals surface area contributed by atoms with Gasteiger partial charge in [0.1, 0.15) is 5.75 Å². The van der Waals surface area contributed by atoms with E-state index in [1.54, 1.807) is 31.4 Å². The Labute approximate surface area is 104 Å². The van der Waals surface area contributed by atoms with Crippen LogP contribution < -0.4 is 9.47 Å². The van der Waals surface area contributed by atoms with E-state index < -0.39 is 0 Å². The lowest BCUT2D eigenvalue weighted by atomic mass is 10.1. The molecule has 0 radical (unpaired) electrons. The summed E-state index contributed by atoms with van der Waals surface area (Å²) in [5.74, 6) is 0.567. The van der Waals surface area contributed by atoms with Crippen molar-refractivity contribution in [3.8, 4) is 11.8 Å². The molecule has 0 amide bonds. The Kier molecular flexibility index (Phi) is 3.52. The van der Waals surface area contributed by atoms with Gasteiger partial charge in [-0.15, -0.1) is 0 Å². The maximum absolute atomic E-state index is 12.1. The van der Waals surface area contributed by atoms with Crippen LogP contribution in [0.15, 0.2) is 36.7 Å². The van der Waals surface area contributed by atoms with Crippen molar-refractivity contribution >= 4 is 5.78 Å². The van der Waals surface area contributed by atoms with Crippen LogP contribution in [0, 0.1) is 0 Å². The number of aromatic nitrogens is 2. The minimum absolute atomic E-state index is 0.139. The van der Waals surface area contributed by atoms with Crippen molar-refractivity contribution in [1.82, 2.24) is 9.97 Å². The summed E-state index contributed by atoms with van der Waals surface area (Å²) in [6.07, 6.45) is 2.89. The summed E-state index contributed by atoms with van der Waals surface area (Å²) in [6.45, 7) is 0. The van der Waals surface area contributed by atoms with Crippen molar-refractivity contribution in [3.05, 3.63) is 47.8 Å². The van der Waals surface area contributed by atoms with Gasteiger partial charge in [0, 0.05) is 18.0 Å². The van der Waals surface area contributed by atoms with E-state index in [9.17, 15) is 4.79 Å². The van der Waals surface area contributed by atoms with Crippen LogP contribution in [0.4, 0.5) is 0 Å². The Morgan fingerprint density at radius 1 is 0.944 bits per heavy atom. The second-order valence-corrected chi connectivity index (χ2v) is 3.52. The Bertz CT molecular complexity index is 486. The van der Waals surface area contributed by atoms with Crippen LogP contribution in [0.25, 0.3) is 0 Å². The summed E-state index contributed by atoms with van der Waals surface area (Å²) in [7, 11) is 3.05. The molecule has 2 aromatic rings. The molecule has 2 rings (SSSR count). The van der Waals surface area contributed by atoms with E-state index in [-0.39, 0.29) is 11.8 Å². The molecule has 1 aromatic heterocycles. The molecule has 0 aliphatic heterocycles. The van der Waals surface area contributed by atoms with E-state index in [4.69, 9.17) is 9.47 Å². The number of methoxy groups -OCH3 is 2. The fourth-order valence-electron chi connectivity index (χ4n) is 1.45. The van der Waals surface area contributed by atoms with Gasteiger partial charge in [0.25, 0.3) is 0 Å².